The molecule has 1 aromatic rings. The van der Waals surface area contributed by atoms with Crippen LogP contribution >= 0.6 is 11.6 Å². The number of hydrogen-bond donors (Lipinski definition) is 1. The largest absolute Gasteiger partial charge is 0.379 e. The summed E-state index contributed by atoms with van der Waals surface area (Å²) in [4.78, 5) is 12.3. The number of ether oxygens (including phenoxy) is 1. The summed E-state index contributed by atoms with van der Waals surface area (Å²) >= 11 is 6.10. The fourth-order valence-corrected chi connectivity index (χ4v) is 4.68. The van der Waals surface area contributed by atoms with Crippen LogP contribution in [0, 0.1) is 5.92 Å². The van der Waals surface area contributed by atoms with Crippen LogP contribution in [0.2, 0.25) is 5.02 Å². The summed E-state index contributed by atoms with van der Waals surface area (Å²) in [5, 5.41) is 3.04. The molecule has 0 radical (unpaired) electrons. The Bertz CT molecular complexity index is 728. The Balaban J connectivity index is 1.83. The highest BCUT2D eigenvalue weighted by Crippen LogP contribution is 2.32. The van der Waals surface area contributed by atoms with E-state index in [-0.39, 0.29) is 35.0 Å². The van der Waals surface area contributed by atoms with E-state index in [2.05, 4.69) is 5.32 Å². The molecule has 1 atom stereocenters. The maximum atomic E-state index is 12.8. The number of benzene rings is 1. The fourth-order valence-electron chi connectivity index (χ4n) is 2.77. The van der Waals surface area contributed by atoms with Crippen molar-refractivity contribution in [1.29, 1.82) is 0 Å². The van der Waals surface area contributed by atoms with Gasteiger partial charge in [0.1, 0.15) is 4.90 Å². The molecule has 1 amide bonds. The van der Waals surface area contributed by atoms with Gasteiger partial charge >= 0.3 is 0 Å². The summed E-state index contributed by atoms with van der Waals surface area (Å²) < 4.78 is 32.1. The van der Waals surface area contributed by atoms with E-state index >= 15 is 0 Å². The number of nitrogens with one attached hydrogen (secondary N) is 1. The van der Waals surface area contributed by atoms with Crippen LogP contribution in [0.25, 0.3) is 0 Å². The molecule has 8 heteroatoms. The second-order valence-corrected chi connectivity index (χ2v) is 8.57. The quantitative estimate of drug-likeness (QED) is 0.856. The molecule has 1 heterocycles. The van der Waals surface area contributed by atoms with Gasteiger partial charge in [-0.3, -0.25) is 4.79 Å². The highest BCUT2D eigenvalue weighted by molar-refractivity contribution is 7.89. The molecular formula is C16H21ClN2O4S. The molecule has 24 heavy (non-hydrogen) atoms. The van der Waals surface area contributed by atoms with Crippen molar-refractivity contribution in [3.63, 3.8) is 0 Å². The Morgan fingerprint density at radius 2 is 2.00 bits per heavy atom. The number of rotatable bonds is 5. The van der Waals surface area contributed by atoms with Crippen LogP contribution in [0.1, 0.15) is 30.1 Å². The van der Waals surface area contributed by atoms with Crippen molar-refractivity contribution in [1.82, 2.24) is 9.62 Å². The summed E-state index contributed by atoms with van der Waals surface area (Å²) in [6.45, 7) is 3.25. The molecule has 1 saturated carbocycles. The zero-order valence-electron chi connectivity index (χ0n) is 13.5. The van der Waals surface area contributed by atoms with Crippen molar-refractivity contribution < 1.29 is 17.9 Å². The lowest BCUT2D eigenvalue weighted by molar-refractivity contribution is 0.0730. The molecule has 1 unspecified atom stereocenters. The van der Waals surface area contributed by atoms with Gasteiger partial charge < -0.3 is 10.1 Å². The minimum Gasteiger partial charge on any atom is -0.379 e. The molecule has 132 valence electrons. The van der Waals surface area contributed by atoms with Crippen LogP contribution in [-0.2, 0) is 14.8 Å². The van der Waals surface area contributed by atoms with Crippen LogP contribution in [0.15, 0.2) is 23.1 Å². The molecule has 1 aromatic carbocycles. The number of morpholine rings is 1. The summed E-state index contributed by atoms with van der Waals surface area (Å²) in [6, 6.07) is 4.47. The van der Waals surface area contributed by atoms with Gasteiger partial charge in [-0.15, -0.1) is 0 Å². The minimum absolute atomic E-state index is 0.0298. The van der Waals surface area contributed by atoms with Gasteiger partial charge in [0.25, 0.3) is 5.91 Å². The number of nitrogens with zero attached hydrogens (tertiary/aromatic N) is 1. The Kier molecular flexibility index (Phi) is 5.15. The molecule has 0 spiro atoms. The Hall–Kier alpha value is -1.15. The van der Waals surface area contributed by atoms with Gasteiger partial charge in [0, 0.05) is 24.7 Å². The third-order valence-electron chi connectivity index (χ3n) is 4.47. The Labute approximate surface area is 147 Å². The highest BCUT2D eigenvalue weighted by atomic mass is 35.5. The first kappa shape index (κ1) is 17.7. The Morgan fingerprint density at radius 1 is 1.33 bits per heavy atom. The average molecular weight is 373 g/mol. The maximum Gasteiger partial charge on any atom is 0.251 e. The third kappa shape index (κ3) is 3.74. The molecule has 0 aromatic heterocycles. The second kappa shape index (κ2) is 7.00. The molecule has 3 rings (SSSR count). The average Bonchev–Trinajstić information content (AvgIpc) is 3.40. The molecular weight excluding hydrogens is 352 g/mol. The van der Waals surface area contributed by atoms with Crippen LogP contribution in [0.5, 0.6) is 0 Å². The summed E-state index contributed by atoms with van der Waals surface area (Å²) in [6.07, 6.45) is 2.25. The first-order chi connectivity index (χ1) is 11.4. The van der Waals surface area contributed by atoms with Gasteiger partial charge in [-0.2, -0.15) is 4.31 Å². The topological polar surface area (TPSA) is 75.7 Å². The molecule has 1 aliphatic carbocycles. The zero-order chi connectivity index (χ0) is 17.3. The standard InChI is InChI=1S/C16H21ClN2O4S/c1-11(12-2-3-12)18-16(20)13-4-5-14(17)15(10-13)24(21,22)19-6-8-23-9-7-19/h4-5,10-12H,2-3,6-9H2,1H3,(H,18,20). The van der Waals surface area contributed by atoms with Gasteiger partial charge in [-0.25, -0.2) is 8.42 Å². The van der Waals surface area contributed by atoms with E-state index in [9.17, 15) is 13.2 Å². The lowest BCUT2D eigenvalue weighted by atomic mass is 10.1. The minimum atomic E-state index is -3.74. The van der Waals surface area contributed by atoms with Gasteiger partial charge in [-0.1, -0.05) is 11.6 Å². The molecule has 2 aliphatic rings. The molecule has 1 saturated heterocycles. The number of carbonyl (C=O) groups excluding carboxylic acids is 1. The second-order valence-electron chi connectivity index (χ2n) is 6.26. The first-order valence-corrected chi connectivity index (χ1v) is 9.89. The predicted octanol–water partition coefficient (Wildman–Crippen LogP) is 1.89. The van der Waals surface area contributed by atoms with E-state index in [4.69, 9.17) is 16.3 Å². The van der Waals surface area contributed by atoms with Crippen LogP contribution in [0.3, 0.4) is 0 Å². The van der Waals surface area contributed by atoms with E-state index in [1.54, 1.807) is 6.07 Å². The van der Waals surface area contributed by atoms with Crippen LogP contribution < -0.4 is 5.32 Å². The lowest BCUT2D eigenvalue weighted by Crippen LogP contribution is -2.40. The predicted molar refractivity (Wildman–Crippen MR) is 90.7 cm³/mol. The zero-order valence-corrected chi connectivity index (χ0v) is 15.1. The fraction of sp³-hybridized carbons (Fsp3) is 0.562. The molecule has 0 bridgehead atoms. The van der Waals surface area contributed by atoms with Crippen molar-refractivity contribution in [2.24, 2.45) is 5.92 Å². The van der Waals surface area contributed by atoms with Crippen molar-refractivity contribution in [3.05, 3.63) is 28.8 Å². The van der Waals surface area contributed by atoms with Gasteiger partial charge in [0.2, 0.25) is 10.0 Å². The number of halogens is 1. The van der Waals surface area contributed by atoms with Crippen molar-refractivity contribution in [2.45, 2.75) is 30.7 Å². The molecule has 2 fully saturated rings. The number of amides is 1. The summed E-state index contributed by atoms with van der Waals surface area (Å²) in [5.41, 5.74) is 0.304. The molecule has 6 nitrogen and oxygen atoms in total. The van der Waals surface area contributed by atoms with Crippen LogP contribution in [0.4, 0.5) is 0 Å². The van der Waals surface area contributed by atoms with Crippen molar-refractivity contribution in [2.75, 3.05) is 26.3 Å². The Morgan fingerprint density at radius 3 is 2.62 bits per heavy atom. The monoisotopic (exact) mass is 372 g/mol. The van der Waals surface area contributed by atoms with E-state index < -0.39 is 10.0 Å². The number of sulfonamides is 1. The lowest BCUT2D eigenvalue weighted by Gasteiger charge is -2.26. The smallest absolute Gasteiger partial charge is 0.251 e. The normalized spacial score (nSPS) is 20.6. The SMILES string of the molecule is CC(NC(=O)c1ccc(Cl)c(S(=O)(=O)N2CCOCC2)c1)C1CC1. The van der Waals surface area contributed by atoms with Crippen molar-refractivity contribution >= 4 is 27.5 Å². The van der Waals surface area contributed by atoms with Gasteiger partial charge in [0.05, 0.1) is 18.2 Å². The van der Waals surface area contributed by atoms with Crippen LogP contribution in [-0.4, -0.2) is 51.0 Å². The molecule has 1 aliphatic heterocycles. The van der Waals surface area contributed by atoms with Gasteiger partial charge in [-0.05, 0) is 43.9 Å². The number of hydrogen-bond acceptors (Lipinski definition) is 4. The van der Waals surface area contributed by atoms with E-state index in [0.717, 1.165) is 12.8 Å². The first-order valence-electron chi connectivity index (χ1n) is 8.08. The van der Waals surface area contributed by atoms with E-state index in [1.807, 2.05) is 6.92 Å². The van der Waals surface area contributed by atoms with E-state index in [1.165, 1.54) is 16.4 Å². The highest BCUT2D eigenvalue weighted by Gasteiger charge is 2.31. The maximum absolute atomic E-state index is 12.8. The molecule has 1 N–H and O–H groups in total. The van der Waals surface area contributed by atoms with E-state index in [0.29, 0.717) is 24.7 Å². The third-order valence-corrected chi connectivity index (χ3v) is 6.85. The van der Waals surface area contributed by atoms with Gasteiger partial charge in [0.15, 0.2) is 0 Å². The summed E-state index contributed by atoms with van der Waals surface area (Å²) in [7, 11) is -3.74. The summed E-state index contributed by atoms with van der Waals surface area (Å²) in [5.74, 6) is 0.252. The van der Waals surface area contributed by atoms with Crippen molar-refractivity contribution in [3.8, 4) is 0 Å². The number of carbonyl (C=O) groups is 1.